The van der Waals surface area contributed by atoms with E-state index in [1.807, 2.05) is 6.92 Å². The quantitative estimate of drug-likeness (QED) is 0.524. The summed E-state index contributed by atoms with van der Waals surface area (Å²) >= 11 is 0. The molecule has 2 heteroatoms. The fourth-order valence-corrected chi connectivity index (χ4v) is 1.06. The van der Waals surface area contributed by atoms with Gasteiger partial charge in [0.15, 0.2) is 0 Å². The second-order valence-corrected chi connectivity index (χ2v) is 2.72. The maximum absolute atomic E-state index is 5.47. The van der Waals surface area contributed by atoms with E-state index < -0.39 is 0 Å². The SMILES string of the molecule is C=COCC(CCCC)OCC. The zero-order chi connectivity index (χ0) is 9.23. The zero-order valence-corrected chi connectivity index (χ0v) is 8.21. The molecule has 0 spiro atoms. The van der Waals surface area contributed by atoms with Gasteiger partial charge in [-0.25, -0.2) is 0 Å². The van der Waals surface area contributed by atoms with E-state index in [0.29, 0.717) is 6.61 Å². The standard InChI is InChI=1S/C10H20O2/c1-4-7-8-10(12-6-3)9-11-5-2/h5,10H,2,4,6-9H2,1,3H3. The number of ether oxygens (including phenoxy) is 2. The Morgan fingerprint density at radius 1 is 1.42 bits per heavy atom. The van der Waals surface area contributed by atoms with Gasteiger partial charge >= 0.3 is 0 Å². The van der Waals surface area contributed by atoms with Gasteiger partial charge in [-0.05, 0) is 13.3 Å². The molecule has 0 N–H and O–H groups in total. The molecule has 0 bridgehead atoms. The van der Waals surface area contributed by atoms with E-state index in [9.17, 15) is 0 Å². The van der Waals surface area contributed by atoms with Crippen LogP contribution in [0.5, 0.6) is 0 Å². The summed E-state index contributed by atoms with van der Waals surface area (Å²) in [5.74, 6) is 0. The van der Waals surface area contributed by atoms with Crippen molar-refractivity contribution in [1.82, 2.24) is 0 Å². The van der Waals surface area contributed by atoms with Crippen molar-refractivity contribution in [2.45, 2.75) is 39.2 Å². The Balaban J connectivity index is 3.46. The van der Waals surface area contributed by atoms with Crippen LogP contribution in [0.2, 0.25) is 0 Å². The predicted molar refractivity (Wildman–Crippen MR) is 51.1 cm³/mol. The zero-order valence-electron chi connectivity index (χ0n) is 8.21. The molecule has 0 aromatic heterocycles. The van der Waals surface area contributed by atoms with E-state index in [4.69, 9.17) is 9.47 Å². The van der Waals surface area contributed by atoms with Crippen molar-refractivity contribution >= 4 is 0 Å². The second-order valence-electron chi connectivity index (χ2n) is 2.72. The van der Waals surface area contributed by atoms with Crippen LogP contribution in [-0.2, 0) is 9.47 Å². The van der Waals surface area contributed by atoms with Gasteiger partial charge in [-0.2, -0.15) is 0 Å². The van der Waals surface area contributed by atoms with Crippen molar-refractivity contribution in [3.63, 3.8) is 0 Å². The van der Waals surface area contributed by atoms with Crippen LogP contribution < -0.4 is 0 Å². The number of hydrogen-bond donors (Lipinski definition) is 0. The van der Waals surface area contributed by atoms with E-state index in [0.717, 1.165) is 13.0 Å². The third-order valence-corrected chi connectivity index (χ3v) is 1.68. The third-order valence-electron chi connectivity index (χ3n) is 1.68. The summed E-state index contributed by atoms with van der Waals surface area (Å²) in [5, 5.41) is 0. The molecule has 12 heavy (non-hydrogen) atoms. The number of hydrogen-bond acceptors (Lipinski definition) is 2. The van der Waals surface area contributed by atoms with Crippen LogP contribution in [0.25, 0.3) is 0 Å². The molecule has 0 heterocycles. The Morgan fingerprint density at radius 2 is 2.17 bits per heavy atom. The van der Waals surface area contributed by atoms with Crippen molar-refractivity contribution in [3.05, 3.63) is 12.8 Å². The summed E-state index contributed by atoms with van der Waals surface area (Å²) in [4.78, 5) is 0. The van der Waals surface area contributed by atoms with Crippen molar-refractivity contribution in [2.24, 2.45) is 0 Å². The van der Waals surface area contributed by atoms with Crippen LogP contribution in [-0.4, -0.2) is 19.3 Å². The van der Waals surface area contributed by atoms with Gasteiger partial charge in [0.1, 0.15) is 6.61 Å². The molecule has 72 valence electrons. The molecule has 0 amide bonds. The van der Waals surface area contributed by atoms with Gasteiger partial charge in [0.2, 0.25) is 0 Å². The number of unbranched alkanes of at least 4 members (excludes halogenated alkanes) is 1. The van der Waals surface area contributed by atoms with Crippen LogP contribution in [0.15, 0.2) is 12.8 Å². The first-order chi connectivity index (χ1) is 5.85. The molecule has 0 aromatic rings. The van der Waals surface area contributed by atoms with Crippen LogP contribution in [0.4, 0.5) is 0 Å². The largest absolute Gasteiger partial charge is 0.499 e. The van der Waals surface area contributed by atoms with Gasteiger partial charge in [-0.15, -0.1) is 0 Å². The molecule has 0 aromatic carbocycles. The van der Waals surface area contributed by atoms with Gasteiger partial charge in [0, 0.05) is 6.61 Å². The second kappa shape index (κ2) is 8.60. The van der Waals surface area contributed by atoms with Crippen molar-refractivity contribution in [2.75, 3.05) is 13.2 Å². The molecule has 1 atom stereocenters. The average Bonchev–Trinajstić information content (AvgIpc) is 2.10. The molecular formula is C10H20O2. The summed E-state index contributed by atoms with van der Waals surface area (Å²) in [7, 11) is 0. The molecule has 0 aliphatic heterocycles. The minimum atomic E-state index is 0.243. The number of rotatable bonds is 8. The molecule has 0 fully saturated rings. The fraction of sp³-hybridized carbons (Fsp3) is 0.800. The fourth-order valence-electron chi connectivity index (χ4n) is 1.06. The smallest absolute Gasteiger partial charge is 0.113 e. The highest BCUT2D eigenvalue weighted by molar-refractivity contribution is 4.59. The monoisotopic (exact) mass is 172 g/mol. The molecule has 0 saturated heterocycles. The van der Waals surface area contributed by atoms with Gasteiger partial charge in [0.25, 0.3) is 0 Å². The van der Waals surface area contributed by atoms with Gasteiger partial charge in [-0.3, -0.25) is 0 Å². The summed E-state index contributed by atoms with van der Waals surface area (Å²) in [6, 6.07) is 0. The summed E-state index contributed by atoms with van der Waals surface area (Å²) < 4.78 is 10.6. The maximum atomic E-state index is 5.47. The minimum absolute atomic E-state index is 0.243. The Bertz CT molecular complexity index is 102. The lowest BCUT2D eigenvalue weighted by Crippen LogP contribution is -2.18. The van der Waals surface area contributed by atoms with Gasteiger partial charge in [-0.1, -0.05) is 26.3 Å². The lowest BCUT2D eigenvalue weighted by Gasteiger charge is -2.15. The van der Waals surface area contributed by atoms with E-state index in [1.165, 1.54) is 19.1 Å². The Kier molecular flexibility index (Phi) is 8.24. The first-order valence-electron chi connectivity index (χ1n) is 4.69. The van der Waals surface area contributed by atoms with Crippen molar-refractivity contribution < 1.29 is 9.47 Å². The normalized spacial score (nSPS) is 12.5. The summed E-state index contributed by atoms with van der Waals surface area (Å²) in [6.45, 7) is 9.08. The molecule has 2 nitrogen and oxygen atoms in total. The van der Waals surface area contributed by atoms with Crippen LogP contribution >= 0.6 is 0 Å². The van der Waals surface area contributed by atoms with Crippen LogP contribution in [0.1, 0.15) is 33.1 Å². The molecule has 0 rings (SSSR count). The van der Waals surface area contributed by atoms with Crippen LogP contribution in [0, 0.1) is 0 Å². The summed E-state index contributed by atoms with van der Waals surface area (Å²) in [5.41, 5.74) is 0. The van der Waals surface area contributed by atoms with Gasteiger partial charge < -0.3 is 9.47 Å². The van der Waals surface area contributed by atoms with E-state index >= 15 is 0 Å². The molecule has 1 unspecified atom stereocenters. The Hall–Kier alpha value is -0.500. The highest BCUT2D eigenvalue weighted by Gasteiger charge is 2.06. The molecular weight excluding hydrogens is 152 g/mol. The average molecular weight is 172 g/mol. The maximum Gasteiger partial charge on any atom is 0.113 e. The van der Waals surface area contributed by atoms with E-state index in [1.54, 1.807) is 0 Å². The lowest BCUT2D eigenvalue weighted by atomic mass is 10.2. The highest BCUT2D eigenvalue weighted by Crippen LogP contribution is 2.05. The van der Waals surface area contributed by atoms with E-state index in [2.05, 4.69) is 13.5 Å². The molecule has 0 radical (unpaired) electrons. The first kappa shape index (κ1) is 11.5. The molecule has 0 saturated carbocycles. The Morgan fingerprint density at radius 3 is 2.67 bits per heavy atom. The van der Waals surface area contributed by atoms with Gasteiger partial charge in [0.05, 0.1) is 12.4 Å². The van der Waals surface area contributed by atoms with Crippen LogP contribution in [0.3, 0.4) is 0 Å². The van der Waals surface area contributed by atoms with E-state index in [-0.39, 0.29) is 6.10 Å². The topological polar surface area (TPSA) is 18.5 Å². The minimum Gasteiger partial charge on any atom is -0.499 e. The lowest BCUT2D eigenvalue weighted by molar-refractivity contribution is 0.00910. The summed E-state index contributed by atoms with van der Waals surface area (Å²) in [6.07, 6.45) is 5.20. The highest BCUT2D eigenvalue weighted by atomic mass is 16.5. The molecule has 0 aliphatic carbocycles. The molecule has 0 aliphatic rings. The van der Waals surface area contributed by atoms with Crippen molar-refractivity contribution in [1.29, 1.82) is 0 Å². The third kappa shape index (κ3) is 6.23. The first-order valence-corrected chi connectivity index (χ1v) is 4.69. The van der Waals surface area contributed by atoms with Crippen molar-refractivity contribution in [3.8, 4) is 0 Å². The predicted octanol–water partition coefficient (Wildman–Crippen LogP) is 2.74. The Labute approximate surface area is 75.6 Å².